The van der Waals surface area contributed by atoms with Gasteiger partial charge in [-0.25, -0.2) is 0 Å². The number of nitrogens with zero attached hydrogens (tertiary/aromatic N) is 1. The zero-order valence-corrected chi connectivity index (χ0v) is 12.2. The van der Waals surface area contributed by atoms with Gasteiger partial charge in [-0.15, -0.1) is 11.8 Å². The first-order valence-electron chi connectivity index (χ1n) is 6.85. The van der Waals surface area contributed by atoms with Crippen LogP contribution in [0.1, 0.15) is 23.7 Å². The highest BCUT2D eigenvalue weighted by molar-refractivity contribution is 7.99. The summed E-state index contributed by atoms with van der Waals surface area (Å²) in [5.41, 5.74) is 0.828. The van der Waals surface area contributed by atoms with Crippen LogP contribution < -0.4 is 0 Å². The van der Waals surface area contributed by atoms with Gasteiger partial charge in [0.05, 0.1) is 13.2 Å². The highest BCUT2D eigenvalue weighted by atomic mass is 32.2. The summed E-state index contributed by atoms with van der Waals surface area (Å²) in [6, 6.07) is 7.96. The lowest BCUT2D eigenvalue weighted by atomic mass is 10.1. The molecule has 0 amide bonds. The summed E-state index contributed by atoms with van der Waals surface area (Å²) >= 11 is 1.80. The summed E-state index contributed by atoms with van der Waals surface area (Å²) in [6.45, 7) is 6.44. The van der Waals surface area contributed by atoms with Gasteiger partial charge in [-0.2, -0.15) is 0 Å². The van der Waals surface area contributed by atoms with Gasteiger partial charge in [0.2, 0.25) is 0 Å². The molecule has 0 atom stereocenters. The van der Waals surface area contributed by atoms with E-state index in [4.69, 9.17) is 4.74 Å². The van der Waals surface area contributed by atoms with E-state index in [0.29, 0.717) is 6.42 Å². The minimum atomic E-state index is 0.236. The topological polar surface area (TPSA) is 29.5 Å². The average Bonchev–Trinajstić information content (AvgIpc) is 2.47. The van der Waals surface area contributed by atoms with E-state index in [1.807, 2.05) is 24.3 Å². The zero-order chi connectivity index (χ0) is 13.5. The number of Topliss-reactive ketones (excluding diaryl/α,β-unsaturated/α-hetero) is 1. The molecule has 0 bridgehead atoms. The summed E-state index contributed by atoms with van der Waals surface area (Å²) in [6.07, 6.45) is 0.597. The van der Waals surface area contributed by atoms with Crippen molar-refractivity contribution >= 4 is 17.5 Å². The third kappa shape index (κ3) is 4.64. The summed E-state index contributed by atoms with van der Waals surface area (Å²) < 4.78 is 5.30. The van der Waals surface area contributed by atoms with Crippen molar-refractivity contribution in [3.05, 3.63) is 29.8 Å². The highest BCUT2D eigenvalue weighted by Crippen LogP contribution is 2.18. The Morgan fingerprint density at radius 2 is 1.95 bits per heavy atom. The van der Waals surface area contributed by atoms with E-state index in [-0.39, 0.29) is 5.78 Å². The minimum absolute atomic E-state index is 0.236. The standard InChI is InChI=1S/C15H21NO2S/c1-2-19-14-5-3-13(4-6-14)15(17)7-8-16-9-11-18-12-10-16/h3-6H,2,7-12H2,1H3. The molecule has 2 rings (SSSR count). The van der Waals surface area contributed by atoms with E-state index in [0.717, 1.165) is 44.2 Å². The Bertz CT molecular complexity index is 399. The largest absolute Gasteiger partial charge is 0.379 e. The average molecular weight is 279 g/mol. The second-order valence-electron chi connectivity index (χ2n) is 4.58. The molecule has 1 heterocycles. The smallest absolute Gasteiger partial charge is 0.164 e. The van der Waals surface area contributed by atoms with Crippen LogP contribution in [0.2, 0.25) is 0 Å². The number of morpholine rings is 1. The third-order valence-corrected chi connectivity index (χ3v) is 4.14. The first-order chi connectivity index (χ1) is 9.29. The van der Waals surface area contributed by atoms with Crippen LogP contribution >= 0.6 is 11.8 Å². The number of carbonyl (C=O) groups excluding carboxylic acids is 1. The predicted molar refractivity (Wildman–Crippen MR) is 79.0 cm³/mol. The van der Waals surface area contributed by atoms with Crippen LogP contribution in [0.25, 0.3) is 0 Å². The molecule has 4 heteroatoms. The van der Waals surface area contributed by atoms with Crippen LogP contribution in [0.5, 0.6) is 0 Å². The van der Waals surface area contributed by atoms with Crippen molar-refractivity contribution in [2.45, 2.75) is 18.2 Å². The zero-order valence-electron chi connectivity index (χ0n) is 11.4. The predicted octanol–water partition coefficient (Wildman–Crippen LogP) is 2.70. The van der Waals surface area contributed by atoms with Crippen LogP contribution in [-0.2, 0) is 4.74 Å². The third-order valence-electron chi connectivity index (χ3n) is 3.25. The summed E-state index contributed by atoms with van der Waals surface area (Å²) in [5, 5.41) is 0. The van der Waals surface area contributed by atoms with E-state index in [9.17, 15) is 4.79 Å². The molecule has 3 nitrogen and oxygen atoms in total. The number of hydrogen-bond donors (Lipinski definition) is 0. The number of benzene rings is 1. The van der Waals surface area contributed by atoms with Gasteiger partial charge in [-0.1, -0.05) is 19.1 Å². The molecule has 0 spiro atoms. The van der Waals surface area contributed by atoms with Crippen molar-refractivity contribution in [2.75, 3.05) is 38.6 Å². The molecule has 0 aromatic heterocycles. The molecular formula is C15H21NO2S. The van der Waals surface area contributed by atoms with Crippen LogP contribution in [-0.4, -0.2) is 49.3 Å². The van der Waals surface area contributed by atoms with Gasteiger partial charge in [0.15, 0.2) is 5.78 Å². The van der Waals surface area contributed by atoms with E-state index >= 15 is 0 Å². The molecule has 0 N–H and O–H groups in total. The van der Waals surface area contributed by atoms with E-state index in [2.05, 4.69) is 11.8 Å². The highest BCUT2D eigenvalue weighted by Gasteiger charge is 2.12. The molecule has 0 saturated carbocycles. The van der Waals surface area contributed by atoms with Crippen molar-refractivity contribution in [1.29, 1.82) is 0 Å². The summed E-state index contributed by atoms with van der Waals surface area (Å²) in [4.78, 5) is 15.6. The number of rotatable bonds is 6. The summed E-state index contributed by atoms with van der Waals surface area (Å²) in [7, 11) is 0. The van der Waals surface area contributed by atoms with Gasteiger partial charge in [-0.3, -0.25) is 9.69 Å². The molecule has 1 fully saturated rings. The lowest BCUT2D eigenvalue weighted by molar-refractivity contribution is 0.0370. The maximum atomic E-state index is 12.1. The molecule has 1 aromatic carbocycles. The number of thioether (sulfide) groups is 1. The normalized spacial score (nSPS) is 16.5. The Morgan fingerprint density at radius 1 is 1.26 bits per heavy atom. The number of carbonyl (C=O) groups is 1. The van der Waals surface area contributed by atoms with Crippen LogP contribution in [0.15, 0.2) is 29.2 Å². The number of ether oxygens (including phenoxy) is 1. The lowest BCUT2D eigenvalue weighted by Gasteiger charge is -2.26. The van der Waals surface area contributed by atoms with E-state index in [1.54, 1.807) is 11.8 Å². The molecule has 1 aliphatic rings. The Hall–Kier alpha value is -0.840. The molecular weight excluding hydrogens is 258 g/mol. The fraction of sp³-hybridized carbons (Fsp3) is 0.533. The molecule has 1 saturated heterocycles. The second-order valence-corrected chi connectivity index (χ2v) is 5.92. The molecule has 19 heavy (non-hydrogen) atoms. The van der Waals surface area contributed by atoms with Gasteiger partial charge < -0.3 is 4.74 Å². The monoisotopic (exact) mass is 279 g/mol. The molecule has 0 aliphatic carbocycles. The Kier molecular flexibility index (Phi) is 5.89. The SMILES string of the molecule is CCSc1ccc(C(=O)CCN2CCOCC2)cc1. The lowest BCUT2D eigenvalue weighted by Crippen LogP contribution is -2.37. The van der Waals surface area contributed by atoms with Crippen molar-refractivity contribution in [1.82, 2.24) is 4.90 Å². The van der Waals surface area contributed by atoms with Crippen molar-refractivity contribution < 1.29 is 9.53 Å². The van der Waals surface area contributed by atoms with Gasteiger partial charge in [0, 0.05) is 36.5 Å². The van der Waals surface area contributed by atoms with Crippen molar-refractivity contribution in [2.24, 2.45) is 0 Å². The van der Waals surface area contributed by atoms with Crippen LogP contribution in [0, 0.1) is 0 Å². The molecule has 1 aliphatic heterocycles. The van der Waals surface area contributed by atoms with E-state index < -0.39 is 0 Å². The Morgan fingerprint density at radius 3 is 2.58 bits per heavy atom. The molecule has 104 valence electrons. The fourth-order valence-corrected chi connectivity index (χ4v) is 2.79. The Labute approximate surface area is 119 Å². The maximum Gasteiger partial charge on any atom is 0.164 e. The molecule has 0 unspecified atom stereocenters. The van der Waals surface area contributed by atoms with Gasteiger partial charge in [0.25, 0.3) is 0 Å². The van der Waals surface area contributed by atoms with Crippen LogP contribution in [0.3, 0.4) is 0 Å². The summed E-state index contributed by atoms with van der Waals surface area (Å²) in [5.74, 6) is 1.30. The fourth-order valence-electron chi connectivity index (χ4n) is 2.13. The van der Waals surface area contributed by atoms with Gasteiger partial charge in [-0.05, 0) is 17.9 Å². The maximum absolute atomic E-state index is 12.1. The second kappa shape index (κ2) is 7.68. The first kappa shape index (κ1) is 14.6. The van der Waals surface area contributed by atoms with Crippen LogP contribution in [0.4, 0.5) is 0 Å². The quantitative estimate of drug-likeness (QED) is 0.591. The minimum Gasteiger partial charge on any atom is -0.379 e. The number of hydrogen-bond acceptors (Lipinski definition) is 4. The Balaban J connectivity index is 1.81. The first-order valence-corrected chi connectivity index (χ1v) is 7.84. The van der Waals surface area contributed by atoms with Crippen molar-refractivity contribution in [3.8, 4) is 0 Å². The molecule has 1 aromatic rings. The van der Waals surface area contributed by atoms with E-state index in [1.165, 1.54) is 4.90 Å². The molecule has 0 radical (unpaired) electrons. The number of ketones is 1. The van der Waals surface area contributed by atoms with Crippen molar-refractivity contribution in [3.63, 3.8) is 0 Å². The van der Waals surface area contributed by atoms with Gasteiger partial charge in [0.1, 0.15) is 0 Å². The van der Waals surface area contributed by atoms with Gasteiger partial charge >= 0.3 is 0 Å².